The van der Waals surface area contributed by atoms with Gasteiger partial charge >= 0.3 is 0 Å². The lowest BCUT2D eigenvalue weighted by molar-refractivity contribution is 0.0751. The molecule has 3 atom stereocenters. The van der Waals surface area contributed by atoms with Crippen LogP contribution in [0.5, 0.6) is 0 Å². The quantitative estimate of drug-likeness (QED) is 0.867. The first kappa shape index (κ1) is 14.0. The first-order chi connectivity index (χ1) is 9.83. The molecule has 5 heteroatoms. The van der Waals surface area contributed by atoms with E-state index >= 15 is 0 Å². The second-order valence-corrected chi connectivity index (χ2v) is 6.04. The van der Waals surface area contributed by atoms with Crippen LogP contribution in [0.1, 0.15) is 69.2 Å². The molecule has 3 unspecified atom stereocenters. The first-order valence-corrected chi connectivity index (χ1v) is 7.93. The Bertz CT molecular complexity index is 429. The van der Waals surface area contributed by atoms with E-state index in [1.165, 1.54) is 32.1 Å². The number of nitrogens with zero attached hydrogens (tertiary/aromatic N) is 2. The highest BCUT2D eigenvalue weighted by Gasteiger charge is 2.37. The van der Waals surface area contributed by atoms with E-state index in [-0.39, 0.29) is 6.10 Å². The van der Waals surface area contributed by atoms with Gasteiger partial charge in [-0.05, 0) is 38.1 Å². The number of ether oxygens (including phenoxy) is 1. The fourth-order valence-electron chi connectivity index (χ4n) is 3.35. The van der Waals surface area contributed by atoms with Crippen molar-refractivity contribution in [3.05, 3.63) is 11.7 Å². The van der Waals surface area contributed by atoms with Crippen LogP contribution >= 0.6 is 0 Å². The smallest absolute Gasteiger partial charge is 0.231 e. The molecule has 2 aliphatic rings. The molecule has 0 amide bonds. The average molecular weight is 279 g/mol. The molecule has 0 bridgehead atoms. The van der Waals surface area contributed by atoms with Gasteiger partial charge in [-0.25, -0.2) is 0 Å². The van der Waals surface area contributed by atoms with Crippen molar-refractivity contribution in [2.24, 2.45) is 5.92 Å². The van der Waals surface area contributed by atoms with Crippen LogP contribution in [0.15, 0.2) is 4.52 Å². The van der Waals surface area contributed by atoms with Crippen molar-refractivity contribution in [2.45, 2.75) is 63.5 Å². The van der Waals surface area contributed by atoms with Gasteiger partial charge in [-0.1, -0.05) is 24.9 Å². The normalized spacial score (nSPS) is 28.5. The van der Waals surface area contributed by atoms with E-state index in [0.717, 1.165) is 24.7 Å². The highest BCUT2D eigenvalue weighted by atomic mass is 16.5. The van der Waals surface area contributed by atoms with Crippen molar-refractivity contribution in [3.8, 4) is 0 Å². The summed E-state index contributed by atoms with van der Waals surface area (Å²) in [5, 5.41) is 7.74. The molecule has 5 nitrogen and oxygen atoms in total. The largest absolute Gasteiger partial charge is 0.373 e. The van der Waals surface area contributed by atoms with Gasteiger partial charge in [0, 0.05) is 13.2 Å². The maximum atomic E-state index is 5.56. The van der Waals surface area contributed by atoms with Crippen molar-refractivity contribution in [1.29, 1.82) is 0 Å². The van der Waals surface area contributed by atoms with Crippen LogP contribution in [0, 0.1) is 5.92 Å². The molecule has 1 aromatic rings. The Labute approximate surface area is 120 Å². The Hall–Kier alpha value is -0.940. The van der Waals surface area contributed by atoms with Crippen molar-refractivity contribution in [3.63, 3.8) is 0 Å². The van der Waals surface area contributed by atoms with Crippen molar-refractivity contribution in [2.75, 3.05) is 13.7 Å². The second kappa shape index (κ2) is 6.22. The Balaban J connectivity index is 1.73. The number of hydrogen-bond acceptors (Lipinski definition) is 5. The third kappa shape index (κ3) is 2.88. The predicted molar refractivity (Wildman–Crippen MR) is 75.4 cm³/mol. The Kier molecular flexibility index (Phi) is 4.36. The van der Waals surface area contributed by atoms with E-state index in [0.29, 0.717) is 17.9 Å². The molecule has 20 heavy (non-hydrogen) atoms. The minimum Gasteiger partial charge on any atom is -0.373 e. The lowest BCUT2D eigenvalue weighted by atomic mass is 9.84. The molecule has 0 saturated heterocycles. The third-order valence-corrected chi connectivity index (χ3v) is 4.57. The van der Waals surface area contributed by atoms with Crippen molar-refractivity contribution < 1.29 is 9.26 Å². The number of methoxy groups -OCH3 is 1. The van der Waals surface area contributed by atoms with Crippen LogP contribution in [0.25, 0.3) is 0 Å². The molecule has 3 rings (SSSR count). The summed E-state index contributed by atoms with van der Waals surface area (Å²) in [6, 6.07) is 0.476. The number of rotatable bonds is 6. The van der Waals surface area contributed by atoms with Crippen LogP contribution in [-0.4, -0.2) is 29.8 Å². The average Bonchev–Trinajstić information content (AvgIpc) is 3.18. The molecule has 1 heterocycles. The third-order valence-electron chi connectivity index (χ3n) is 4.57. The highest BCUT2D eigenvalue weighted by Crippen LogP contribution is 2.42. The summed E-state index contributed by atoms with van der Waals surface area (Å²) in [6.45, 7) is 3.14. The van der Waals surface area contributed by atoms with Crippen LogP contribution in [0.3, 0.4) is 0 Å². The molecule has 0 radical (unpaired) electrons. The first-order valence-electron chi connectivity index (χ1n) is 7.93. The standard InChI is InChI=1S/C15H25N3O2/c1-3-16-12-7-5-4-6-11(12)15-17-14(18-20-15)13(19-2)10-8-9-10/h10-13,16H,3-9H2,1-2H3. The number of aromatic nitrogens is 2. The van der Waals surface area contributed by atoms with Gasteiger partial charge in [-0.2, -0.15) is 4.98 Å². The summed E-state index contributed by atoms with van der Waals surface area (Å²) < 4.78 is 11.1. The predicted octanol–water partition coefficient (Wildman–Crippen LogP) is 2.80. The zero-order chi connectivity index (χ0) is 13.9. The zero-order valence-corrected chi connectivity index (χ0v) is 12.5. The van der Waals surface area contributed by atoms with E-state index in [9.17, 15) is 0 Å². The van der Waals surface area contributed by atoms with Gasteiger partial charge in [0.15, 0.2) is 0 Å². The minimum absolute atomic E-state index is 0.0219. The van der Waals surface area contributed by atoms with E-state index in [4.69, 9.17) is 9.26 Å². The van der Waals surface area contributed by atoms with Gasteiger partial charge < -0.3 is 14.6 Å². The maximum Gasteiger partial charge on any atom is 0.231 e. The molecular weight excluding hydrogens is 254 g/mol. The molecule has 0 aromatic carbocycles. The molecule has 2 saturated carbocycles. The number of nitrogens with one attached hydrogen (secondary N) is 1. The van der Waals surface area contributed by atoms with Gasteiger partial charge in [0.1, 0.15) is 6.10 Å². The van der Waals surface area contributed by atoms with E-state index in [2.05, 4.69) is 22.4 Å². The molecule has 1 N–H and O–H groups in total. The topological polar surface area (TPSA) is 60.2 Å². The Morgan fingerprint density at radius 3 is 2.80 bits per heavy atom. The lowest BCUT2D eigenvalue weighted by Gasteiger charge is -2.29. The van der Waals surface area contributed by atoms with Crippen LogP contribution in [0.2, 0.25) is 0 Å². The number of likely N-dealkylation sites (N-methyl/N-ethyl adjacent to an activating group) is 1. The summed E-state index contributed by atoms with van der Waals surface area (Å²) in [5.41, 5.74) is 0. The van der Waals surface area contributed by atoms with Gasteiger partial charge in [0.2, 0.25) is 11.7 Å². The lowest BCUT2D eigenvalue weighted by Crippen LogP contribution is -2.37. The Morgan fingerprint density at radius 2 is 2.10 bits per heavy atom. The van der Waals surface area contributed by atoms with Gasteiger partial charge in [-0.15, -0.1) is 0 Å². The summed E-state index contributed by atoms with van der Waals surface area (Å²) in [5.74, 6) is 2.49. The number of hydrogen-bond donors (Lipinski definition) is 1. The van der Waals surface area contributed by atoms with Gasteiger partial charge in [0.05, 0.1) is 5.92 Å². The molecule has 0 aliphatic heterocycles. The van der Waals surface area contributed by atoms with Crippen LogP contribution < -0.4 is 5.32 Å². The molecular formula is C15H25N3O2. The van der Waals surface area contributed by atoms with Gasteiger partial charge in [0.25, 0.3) is 0 Å². The monoisotopic (exact) mass is 279 g/mol. The SMILES string of the molecule is CCNC1CCCCC1c1nc(C(OC)C2CC2)no1. The fraction of sp³-hybridized carbons (Fsp3) is 0.867. The minimum atomic E-state index is 0.0219. The summed E-state index contributed by atoms with van der Waals surface area (Å²) >= 11 is 0. The van der Waals surface area contributed by atoms with E-state index in [1.54, 1.807) is 7.11 Å². The molecule has 0 spiro atoms. The van der Waals surface area contributed by atoms with Crippen molar-refractivity contribution in [1.82, 2.24) is 15.5 Å². The van der Waals surface area contributed by atoms with Crippen molar-refractivity contribution >= 4 is 0 Å². The second-order valence-electron chi connectivity index (χ2n) is 6.04. The van der Waals surface area contributed by atoms with Gasteiger partial charge in [-0.3, -0.25) is 0 Å². The van der Waals surface area contributed by atoms with E-state index in [1.807, 2.05) is 0 Å². The molecule has 112 valence electrons. The summed E-state index contributed by atoms with van der Waals surface area (Å²) in [4.78, 5) is 4.66. The maximum absolute atomic E-state index is 5.56. The van der Waals surface area contributed by atoms with Crippen LogP contribution in [-0.2, 0) is 4.74 Å². The molecule has 1 aromatic heterocycles. The molecule has 2 aliphatic carbocycles. The molecule has 2 fully saturated rings. The Morgan fingerprint density at radius 1 is 1.30 bits per heavy atom. The summed E-state index contributed by atoms with van der Waals surface area (Å²) in [6.07, 6.45) is 7.33. The van der Waals surface area contributed by atoms with Crippen LogP contribution in [0.4, 0.5) is 0 Å². The zero-order valence-electron chi connectivity index (χ0n) is 12.5. The highest BCUT2D eigenvalue weighted by molar-refractivity contribution is 5.04. The summed E-state index contributed by atoms with van der Waals surface area (Å²) in [7, 11) is 1.74. The fourth-order valence-corrected chi connectivity index (χ4v) is 3.35. The van der Waals surface area contributed by atoms with E-state index < -0.39 is 0 Å².